The normalized spacial score (nSPS) is 14.6. The molecular weight excluding hydrogens is 196 g/mol. The molecule has 0 unspecified atom stereocenters. The maximum absolute atomic E-state index is 12.9. The Labute approximate surface area is 82.0 Å². The molecule has 0 aliphatic carbocycles. The monoisotopic (exact) mass is 212 g/mol. The van der Waals surface area contributed by atoms with E-state index in [1.807, 2.05) is 0 Å². The number of allylic oxidation sites excluding steroid dienone is 2. The molecule has 0 bridgehead atoms. The van der Waals surface area contributed by atoms with Crippen molar-refractivity contribution in [3.63, 3.8) is 0 Å². The number of hydrogen-bond acceptors (Lipinski definition) is 0. The molecule has 0 heterocycles. The van der Waals surface area contributed by atoms with Gasteiger partial charge in [-0.25, -0.2) is 8.78 Å². The summed E-state index contributed by atoms with van der Waals surface area (Å²) in [5.74, 6) is -7.72. The van der Waals surface area contributed by atoms with E-state index in [0.717, 1.165) is 0 Å². The van der Waals surface area contributed by atoms with Gasteiger partial charge in [0.05, 0.1) is 0 Å². The van der Waals surface area contributed by atoms with Crippen LogP contribution in [0.3, 0.4) is 0 Å². The second kappa shape index (κ2) is 5.37. The fourth-order valence-electron chi connectivity index (χ4n) is 0.937. The highest BCUT2D eigenvalue weighted by atomic mass is 19.3. The first-order valence-electron chi connectivity index (χ1n) is 4.76. The number of rotatable bonds is 5. The molecule has 0 aromatic rings. The van der Waals surface area contributed by atoms with Gasteiger partial charge in [0.1, 0.15) is 5.83 Å². The van der Waals surface area contributed by atoms with Gasteiger partial charge in [-0.1, -0.05) is 27.2 Å². The molecule has 0 spiro atoms. The van der Waals surface area contributed by atoms with Crippen LogP contribution in [0.25, 0.3) is 0 Å². The third kappa shape index (κ3) is 3.68. The lowest BCUT2D eigenvalue weighted by molar-refractivity contribution is 0.00271. The zero-order valence-electron chi connectivity index (χ0n) is 8.71. The molecule has 0 saturated carbocycles. The minimum Gasteiger partial charge on any atom is -0.208 e. The minimum absolute atomic E-state index is 0.186. The van der Waals surface area contributed by atoms with Crippen molar-refractivity contribution >= 4 is 0 Å². The van der Waals surface area contributed by atoms with E-state index in [2.05, 4.69) is 0 Å². The first kappa shape index (κ1) is 13.5. The van der Waals surface area contributed by atoms with E-state index < -0.39 is 29.9 Å². The number of unbranched alkanes of at least 4 members (excludes halogenated alkanes) is 1. The zero-order chi connectivity index (χ0) is 11.4. The predicted octanol–water partition coefficient (Wildman–Crippen LogP) is 4.62. The Kier molecular flexibility index (Phi) is 5.16. The number of hydrogen-bond donors (Lipinski definition) is 0. The van der Waals surface area contributed by atoms with Crippen LogP contribution in [-0.2, 0) is 0 Å². The third-order valence-corrected chi connectivity index (χ3v) is 1.88. The summed E-state index contributed by atoms with van der Waals surface area (Å²) in [4.78, 5) is 0. The summed E-state index contributed by atoms with van der Waals surface area (Å²) in [6, 6.07) is 0. The molecule has 0 aliphatic heterocycles. The van der Waals surface area contributed by atoms with E-state index in [1.54, 1.807) is 6.92 Å². The standard InChI is InChI=1S/C10H16F4/c1-4-5-6-10(13,14)9(12)8(11)7(2)3/h7H,4-6H2,1-3H3/b9-8+. The van der Waals surface area contributed by atoms with Crippen molar-refractivity contribution in [2.45, 2.75) is 46.0 Å². The average Bonchev–Trinajstić information content (AvgIpc) is 2.12. The van der Waals surface area contributed by atoms with E-state index in [-0.39, 0.29) is 6.42 Å². The van der Waals surface area contributed by atoms with Crippen LogP contribution < -0.4 is 0 Å². The first-order chi connectivity index (χ1) is 6.33. The molecule has 0 N–H and O–H groups in total. The lowest BCUT2D eigenvalue weighted by Crippen LogP contribution is -2.18. The van der Waals surface area contributed by atoms with Crippen molar-refractivity contribution in [1.29, 1.82) is 0 Å². The van der Waals surface area contributed by atoms with Crippen LogP contribution in [0.5, 0.6) is 0 Å². The van der Waals surface area contributed by atoms with E-state index >= 15 is 0 Å². The summed E-state index contributed by atoms with van der Waals surface area (Å²) in [6.07, 6.45) is 0.0907. The van der Waals surface area contributed by atoms with Gasteiger partial charge in [-0.05, 0) is 6.42 Å². The maximum atomic E-state index is 12.9. The van der Waals surface area contributed by atoms with Crippen molar-refractivity contribution in [3.05, 3.63) is 11.7 Å². The van der Waals surface area contributed by atoms with Crippen molar-refractivity contribution in [3.8, 4) is 0 Å². The molecular formula is C10H16F4. The summed E-state index contributed by atoms with van der Waals surface area (Å²) in [5.41, 5.74) is 0. The summed E-state index contributed by atoms with van der Waals surface area (Å²) >= 11 is 0. The lowest BCUT2D eigenvalue weighted by atomic mass is 10.1. The lowest BCUT2D eigenvalue weighted by Gasteiger charge is -2.15. The topological polar surface area (TPSA) is 0 Å². The van der Waals surface area contributed by atoms with Gasteiger partial charge in [-0.2, -0.15) is 8.78 Å². The third-order valence-electron chi connectivity index (χ3n) is 1.88. The van der Waals surface area contributed by atoms with E-state index in [9.17, 15) is 17.6 Å². The highest BCUT2D eigenvalue weighted by Crippen LogP contribution is 2.35. The van der Waals surface area contributed by atoms with Gasteiger partial charge in [0.25, 0.3) is 0 Å². The molecule has 0 aromatic heterocycles. The minimum atomic E-state index is -3.65. The Morgan fingerprint density at radius 3 is 2.07 bits per heavy atom. The van der Waals surface area contributed by atoms with Gasteiger partial charge in [-0.3, -0.25) is 0 Å². The Hall–Kier alpha value is -0.540. The molecule has 0 aromatic carbocycles. The van der Waals surface area contributed by atoms with Gasteiger partial charge in [0.2, 0.25) is 5.83 Å². The van der Waals surface area contributed by atoms with Crippen molar-refractivity contribution in [2.75, 3.05) is 0 Å². The van der Waals surface area contributed by atoms with Crippen LogP contribution in [0.2, 0.25) is 0 Å². The van der Waals surface area contributed by atoms with Gasteiger partial charge in [-0.15, -0.1) is 0 Å². The van der Waals surface area contributed by atoms with Crippen LogP contribution in [0, 0.1) is 5.92 Å². The van der Waals surface area contributed by atoms with Crippen LogP contribution >= 0.6 is 0 Å². The van der Waals surface area contributed by atoms with Crippen LogP contribution in [0.15, 0.2) is 11.7 Å². The van der Waals surface area contributed by atoms with Crippen molar-refractivity contribution in [2.24, 2.45) is 5.92 Å². The molecule has 0 saturated heterocycles. The fourth-order valence-corrected chi connectivity index (χ4v) is 0.937. The van der Waals surface area contributed by atoms with Crippen molar-refractivity contribution < 1.29 is 17.6 Å². The van der Waals surface area contributed by atoms with E-state index in [4.69, 9.17) is 0 Å². The highest BCUT2D eigenvalue weighted by molar-refractivity contribution is 5.10. The van der Waals surface area contributed by atoms with Crippen molar-refractivity contribution in [1.82, 2.24) is 0 Å². The molecule has 14 heavy (non-hydrogen) atoms. The number of alkyl halides is 2. The molecule has 4 heteroatoms. The Morgan fingerprint density at radius 2 is 1.71 bits per heavy atom. The van der Waals surface area contributed by atoms with Gasteiger partial charge in [0.15, 0.2) is 0 Å². The second-order valence-corrected chi connectivity index (χ2v) is 3.62. The second-order valence-electron chi connectivity index (χ2n) is 3.62. The molecule has 0 nitrogen and oxygen atoms in total. The van der Waals surface area contributed by atoms with Gasteiger partial charge in [0, 0.05) is 12.3 Å². The van der Waals surface area contributed by atoms with Gasteiger partial charge >= 0.3 is 5.92 Å². The Balaban J connectivity index is 4.63. The first-order valence-corrected chi connectivity index (χ1v) is 4.76. The molecule has 0 aliphatic rings. The quantitative estimate of drug-likeness (QED) is 0.583. The van der Waals surface area contributed by atoms with Crippen LogP contribution in [0.4, 0.5) is 17.6 Å². The van der Waals surface area contributed by atoms with E-state index in [1.165, 1.54) is 13.8 Å². The predicted molar refractivity (Wildman–Crippen MR) is 48.6 cm³/mol. The molecule has 0 amide bonds. The Bertz CT molecular complexity index is 206. The van der Waals surface area contributed by atoms with Crippen LogP contribution in [0.1, 0.15) is 40.0 Å². The zero-order valence-corrected chi connectivity index (χ0v) is 8.71. The van der Waals surface area contributed by atoms with Crippen LogP contribution in [-0.4, -0.2) is 5.92 Å². The summed E-state index contributed by atoms with van der Waals surface area (Å²) < 4.78 is 51.7. The Morgan fingerprint density at radius 1 is 1.21 bits per heavy atom. The molecule has 0 fully saturated rings. The smallest absolute Gasteiger partial charge is 0.208 e. The largest absolute Gasteiger partial charge is 0.301 e. The summed E-state index contributed by atoms with van der Waals surface area (Å²) in [5, 5.41) is 0. The molecule has 84 valence electrons. The maximum Gasteiger partial charge on any atom is 0.301 e. The molecule has 0 rings (SSSR count). The van der Waals surface area contributed by atoms with E-state index in [0.29, 0.717) is 6.42 Å². The summed E-state index contributed by atoms with van der Waals surface area (Å²) in [7, 11) is 0. The molecule has 0 atom stereocenters. The average molecular weight is 212 g/mol. The fraction of sp³-hybridized carbons (Fsp3) is 0.800. The number of halogens is 4. The highest BCUT2D eigenvalue weighted by Gasteiger charge is 2.37. The summed E-state index contributed by atoms with van der Waals surface area (Å²) in [6.45, 7) is 4.39. The van der Waals surface area contributed by atoms with Gasteiger partial charge < -0.3 is 0 Å². The molecule has 0 radical (unpaired) electrons. The SMILES string of the molecule is CCCCC(F)(F)/C(F)=C(\F)C(C)C.